The summed E-state index contributed by atoms with van der Waals surface area (Å²) in [6.07, 6.45) is 0. The molecule has 3 aromatic rings. The van der Waals surface area contributed by atoms with Gasteiger partial charge in [0.25, 0.3) is 20.0 Å². The maximum atomic E-state index is 13.1. The van der Waals surface area contributed by atoms with Gasteiger partial charge in [-0.05, 0) is 43.3 Å². The molecule has 0 aliphatic heterocycles. The Balaban J connectivity index is 1.85. The molecular weight excluding hydrogens is 482 g/mol. The molecule has 0 bridgehead atoms. The molecule has 3 rings (SSSR count). The quantitative estimate of drug-likeness (QED) is 0.400. The van der Waals surface area contributed by atoms with Gasteiger partial charge in [0.05, 0.1) is 28.4 Å². The average Bonchev–Trinajstić information content (AvgIpc) is 2.80. The highest BCUT2D eigenvalue weighted by molar-refractivity contribution is 7.93. The lowest BCUT2D eigenvalue weighted by molar-refractivity contribution is 0.0527. The smallest absolute Gasteiger partial charge is 0.340 e. The summed E-state index contributed by atoms with van der Waals surface area (Å²) in [5.41, 5.74) is -0.193. The van der Waals surface area contributed by atoms with E-state index in [9.17, 15) is 26.4 Å². The second kappa shape index (κ2) is 10.4. The Labute approximate surface area is 197 Å². The van der Waals surface area contributed by atoms with Crippen molar-refractivity contribution in [1.29, 1.82) is 0 Å². The van der Waals surface area contributed by atoms with E-state index in [0.29, 0.717) is 0 Å². The van der Waals surface area contributed by atoms with Crippen molar-refractivity contribution in [2.75, 3.05) is 16.6 Å². The second-order valence-electron chi connectivity index (χ2n) is 6.74. The molecule has 0 heterocycles. The van der Waals surface area contributed by atoms with Gasteiger partial charge in [-0.25, -0.2) is 31.1 Å². The third-order valence-corrected chi connectivity index (χ3v) is 7.14. The van der Waals surface area contributed by atoms with Crippen molar-refractivity contribution < 1.29 is 31.2 Å². The fourth-order valence-corrected chi connectivity index (χ4v) is 5.06. The maximum absolute atomic E-state index is 13.1. The SMILES string of the molecule is CCOC(=O)c1ccccc1NS(=O)(=O)c1ccccc1NC(=O)NS(=O)(=O)c1ccccc1. The van der Waals surface area contributed by atoms with Crippen LogP contribution in [0.25, 0.3) is 0 Å². The van der Waals surface area contributed by atoms with Crippen LogP contribution in [0.5, 0.6) is 0 Å². The Morgan fingerprint density at radius 2 is 1.35 bits per heavy atom. The van der Waals surface area contributed by atoms with E-state index in [4.69, 9.17) is 4.74 Å². The molecule has 3 aromatic carbocycles. The molecule has 0 aromatic heterocycles. The highest BCUT2D eigenvalue weighted by atomic mass is 32.2. The summed E-state index contributed by atoms with van der Waals surface area (Å²) in [7, 11) is -8.48. The van der Waals surface area contributed by atoms with E-state index in [1.54, 1.807) is 19.1 Å². The molecule has 34 heavy (non-hydrogen) atoms. The second-order valence-corrected chi connectivity index (χ2v) is 10.1. The number of hydrogen-bond donors (Lipinski definition) is 3. The van der Waals surface area contributed by atoms with Gasteiger partial charge in [0.2, 0.25) is 0 Å². The summed E-state index contributed by atoms with van der Waals surface area (Å²) in [6, 6.07) is 17.3. The number of urea groups is 1. The molecule has 0 spiro atoms. The molecule has 0 fully saturated rings. The van der Waals surface area contributed by atoms with Crippen LogP contribution in [-0.2, 0) is 24.8 Å². The molecule has 0 saturated heterocycles. The van der Waals surface area contributed by atoms with Gasteiger partial charge in [-0.1, -0.05) is 42.5 Å². The van der Waals surface area contributed by atoms with E-state index in [-0.39, 0.29) is 33.3 Å². The van der Waals surface area contributed by atoms with Crippen LogP contribution < -0.4 is 14.8 Å². The summed E-state index contributed by atoms with van der Waals surface area (Å²) < 4.78 is 60.0. The molecule has 3 N–H and O–H groups in total. The van der Waals surface area contributed by atoms with Crippen molar-refractivity contribution in [3.63, 3.8) is 0 Å². The van der Waals surface area contributed by atoms with E-state index in [0.717, 1.165) is 0 Å². The monoisotopic (exact) mass is 503 g/mol. The molecule has 12 heteroatoms. The van der Waals surface area contributed by atoms with E-state index >= 15 is 0 Å². The number of amides is 2. The van der Waals surface area contributed by atoms with Gasteiger partial charge in [0.15, 0.2) is 0 Å². The molecule has 178 valence electrons. The van der Waals surface area contributed by atoms with Gasteiger partial charge < -0.3 is 10.1 Å². The van der Waals surface area contributed by atoms with Crippen molar-refractivity contribution in [3.05, 3.63) is 84.4 Å². The minimum atomic E-state index is -4.31. The zero-order valence-corrected chi connectivity index (χ0v) is 19.5. The molecule has 0 saturated carbocycles. The van der Waals surface area contributed by atoms with Gasteiger partial charge >= 0.3 is 12.0 Å². The van der Waals surface area contributed by atoms with E-state index in [1.807, 2.05) is 4.72 Å². The van der Waals surface area contributed by atoms with Crippen LogP contribution in [0.3, 0.4) is 0 Å². The van der Waals surface area contributed by atoms with Crippen molar-refractivity contribution in [3.8, 4) is 0 Å². The number of ether oxygens (including phenoxy) is 1. The molecule has 2 amide bonds. The summed E-state index contributed by atoms with van der Waals surface area (Å²) in [5, 5.41) is 2.25. The fourth-order valence-electron chi connectivity index (χ4n) is 2.89. The number of carbonyl (C=O) groups is 2. The zero-order valence-electron chi connectivity index (χ0n) is 17.9. The van der Waals surface area contributed by atoms with Crippen LogP contribution in [0, 0.1) is 0 Å². The fraction of sp³-hybridized carbons (Fsp3) is 0.0909. The summed E-state index contributed by atoms with van der Waals surface area (Å²) in [6.45, 7) is 1.73. The van der Waals surface area contributed by atoms with Gasteiger partial charge in [0, 0.05) is 0 Å². The highest BCUT2D eigenvalue weighted by Crippen LogP contribution is 2.26. The molecular formula is C22H21N3O7S2. The Bertz CT molecular complexity index is 1410. The van der Waals surface area contributed by atoms with Crippen LogP contribution in [-0.4, -0.2) is 35.4 Å². The summed E-state index contributed by atoms with van der Waals surface area (Å²) in [4.78, 5) is 24.1. The van der Waals surface area contributed by atoms with Gasteiger partial charge in [-0.2, -0.15) is 0 Å². The molecule has 0 radical (unpaired) electrons. The van der Waals surface area contributed by atoms with E-state index < -0.39 is 32.0 Å². The number of hydrogen-bond acceptors (Lipinski definition) is 7. The predicted octanol–water partition coefficient (Wildman–Crippen LogP) is 3.17. The lowest BCUT2D eigenvalue weighted by atomic mass is 10.2. The van der Waals surface area contributed by atoms with Crippen molar-refractivity contribution in [1.82, 2.24) is 4.72 Å². The average molecular weight is 504 g/mol. The maximum Gasteiger partial charge on any atom is 0.340 e. The number of rotatable bonds is 8. The molecule has 0 atom stereocenters. The van der Waals surface area contributed by atoms with Crippen LogP contribution in [0.2, 0.25) is 0 Å². The number of anilines is 2. The standard InChI is InChI=1S/C22H21N3O7S2/c1-2-32-21(26)17-12-6-7-13-18(17)24-34(30,31)20-15-9-8-14-19(20)23-22(27)25-33(28,29)16-10-4-3-5-11-16/h3-15,24H,2H2,1H3,(H2,23,25,27). The summed E-state index contributed by atoms with van der Waals surface area (Å²) in [5.74, 6) is -0.710. The number of benzene rings is 3. The first-order valence-electron chi connectivity index (χ1n) is 9.91. The molecule has 0 unspecified atom stereocenters. The lowest BCUT2D eigenvalue weighted by Crippen LogP contribution is -2.34. The number of esters is 1. The van der Waals surface area contributed by atoms with E-state index in [1.165, 1.54) is 66.7 Å². The largest absolute Gasteiger partial charge is 0.462 e. The Morgan fingerprint density at radius 3 is 2.03 bits per heavy atom. The number of nitrogens with one attached hydrogen (secondary N) is 3. The molecule has 0 aliphatic carbocycles. The van der Waals surface area contributed by atoms with Gasteiger partial charge in [-0.3, -0.25) is 4.72 Å². The number of sulfonamides is 2. The van der Waals surface area contributed by atoms with Crippen molar-refractivity contribution in [2.45, 2.75) is 16.7 Å². The highest BCUT2D eigenvalue weighted by Gasteiger charge is 2.24. The Hall–Kier alpha value is -3.90. The molecule has 10 nitrogen and oxygen atoms in total. The Morgan fingerprint density at radius 1 is 0.765 bits per heavy atom. The van der Waals surface area contributed by atoms with Crippen molar-refractivity contribution in [2.24, 2.45) is 0 Å². The number of carbonyl (C=O) groups excluding carboxylic acids is 2. The molecule has 0 aliphatic rings. The Kier molecular flexibility index (Phi) is 7.54. The summed E-state index contributed by atoms with van der Waals surface area (Å²) >= 11 is 0. The van der Waals surface area contributed by atoms with Crippen molar-refractivity contribution >= 4 is 43.4 Å². The third-order valence-electron chi connectivity index (χ3n) is 4.37. The minimum absolute atomic E-state index is 0.00469. The first-order chi connectivity index (χ1) is 16.1. The van der Waals surface area contributed by atoms with Crippen LogP contribution in [0.15, 0.2) is 88.7 Å². The zero-order chi connectivity index (χ0) is 24.8. The van der Waals surface area contributed by atoms with Gasteiger partial charge in [-0.15, -0.1) is 0 Å². The predicted molar refractivity (Wildman–Crippen MR) is 125 cm³/mol. The minimum Gasteiger partial charge on any atom is -0.462 e. The van der Waals surface area contributed by atoms with Crippen LogP contribution in [0.1, 0.15) is 17.3 Å². The van der Waals surface area contributed by atoms with Crippen LogP contribution >= 0.6 is 0 Å². The first-order valence-corrected chi connectivity index (χ1v) is 12.9. The van der Waals surface area contributed by atoms with Crippen LogP contribution in [0.4, 0.5) is 16.2 Å². The van der Waals surface area contributed by atoms with E-state index in [2.05, 4.69) is 10.0 Å². The lowest BCUT2D eigenvalue weighted by Gasteiger charge is -2.15. The first kappa shape index (κ1) is 24.7. The van der Waals surface area contributed by atoms with Gasteiger partial charge in [0.1, 0.15) is 4.90 Å². The normalized spacial score (nSPS) is 11.3. The number of para-hydroxylation sites is 2. The topological polar surface area (TPSA) is 148 Å². The third kappa shape index (κ3) is 5.91.